The largest absolute Gasteiger partial charge is 0.456 e. The molecule has 278 valence electrons. The molecule has 0 atom stereocenters. The van der Waals surface area contributed by atoms with Gasteiger partial charge in [0.05, 0.1) is 16.7 Å². The van der Waals surface area contributed by atoms with Crippen molar-refractivity contribution in [3.8, 4) is 61.8 Å². The van der Waals surface area contributed by atoms with E-state index >= 15 is 0 Å². The van der Waals surface area contributed by atoms with Crippen LogP contribution in [0.5, 0.6) is 0 Å². The van der Waals surface area contributed by atoms with E-state index in [2.05, 4.69) is 176 Å². The smallest absolute Gasteiger partial charge is 0.162 e. The number of hydrogen-bond acceptors (Lipinski definition) is 3. The summed E-state index contributed by atoms with van der Waals surface area (Å²) in [5.74, 6) is 1.46. The van der Waals surface area contributed by atoms with Crippen LogP contribution in [0.3, 0.4) is 0 Å². The summed E-state index contributed by atoms with van der Waals surface area (Å²) in [5, 5.41) is 4.54. The summed E-state index contributed by atoms with van der Waals surface area (Å²) in [5.41, 5.74) is 16.7. The zero-order chi connectivity index (χ0) is 39.2. The highest BCUT2D eigenvalue weighted by molar-refractivity contribution is 6.14. The summed E-state index contributed by atoms with van der Waals surface area (Å²) in [6.45, 7) is 4.69. The molecular formula is C55H37N3O. The van der Waals surface area contributed by atoms with Crippen LogP contribution >= 0.6 is 0 Å². The van der Waals surface area contributed by atoms with Crippen LogP contribution in [0.25, 0.3) is 106 Å². The van der Waals surface area contributed by atoms with Gasteiger partial charge in [-0.1, -0.05) is 159 Å². The van der Waals surface area contributed by atoms with Gasteiger partial charge in [0, 0.05) is 49.7 Å². The molecule has 12 rings (SSSR count). The first-order valence-electron chi connectivity index (χ1n) is 20.2. The number of fused-ring (bicyclic) bond motifs is 9. The van der Waals surface area contributed by atoms with Crippen molar-refractivity contribution in [2.24, 2.45) is 0 Å². The highest BCUT2D eigenvalue weighted by atomic mass is 16.3. The fourth-order valence-corrected chi connectivity index (χ4v) is 9.54. The predicted octanol–water partition coefficient (Wildman–Crippen LogP) is 14.4. The van der Waals surface area contributed by atoms with Gasteiger partial charge < -0.3 is 4.42 Å². The second kappa shape index (κ2) is 12.7. The van der Waals surface area contributed by atoms with E-state index in [0.717, 1.165) is 66.7 Å². The van der Waals surface area contributed by atoms with E-state index in [1.165, 1.54) is 44.2 Å². The molecule has 0 N–H and O–H groups in total. The van der Waals surface area contributed by atoms with Crippen molar-refractivity contribution in [3.05, 3.63) is 199 Å². The lowest BCUT2D eigenvalue weighted by atomic mass is 9.81. The summed E-state index contributed by atoms with van der Waals surface area (Å²) in [6, 6.07) is 67.1. The molecule has 8 aromatic carbocycles. The molecule has 0 bridgehead atoms. The summed E-state index contributed by atoms with van der Waals surface area (Å²) in [7, 11) is 0. The number of aromatic nitrogens is 3. The lowest BCUT2D eigenvalue weighted by molar-refractivity contribution is 0.660. The summed E-state index contributed by atoms with van der Waals surface area (Å²) in [4.78, 5) is 10.6. The Kier molecular flexibility index (Phi) is 7.24. The van der Waals surface area contributed by atoms with E-state index in [0.29, 0.717) is 5.82 Å². The number of hydrogen-bond donors (Lipinski definition) is 0. The summed E-state index contributed by atoms with van der Waals surface area (Å²) >= 11 is 0. The zero-order valence-electron chi connectivity index (χ0n) is 32.6. The number of nitrogens with zero attached hydrogens (tertiary/aromatic N) is 3. The molecule has 3 heterocycles. The Morgan fingerprint density at radius 2 is 1.08 bits per heavy atom. The Labute approximate surface area is 341 Å². The van der Waals surface area contributed by atoms with E-state index in [4.69, 9.17) is 14.4 Å². The maximum atomic E-state index is 6.35. The number of rotatable bonds is 5. The fourth-order valence-electron chi connectivity index (χ4n) is 9.54. The van der Waals surface area contributed by atoms with E-state index in [1.807, 2.05) is 30.3 Å². The maximum Gasteiger partial charge on any atom is 0.162 e. The van der Waals surface area contributed by atoms with Gasteiger partial charge in [-0.25, -0.2) is 9.97 Å². The zero-order valence-corrected chi connectivity index (χ0v) is 32.6. The third kappa shape index (κ3) is 5.16. The molecule has 0 spiro atoms. The molecule has 4 heteroatoms. The SMILES string of the molecule is CC1(C)c2ccccc2-c2ccc(-c3cccc(-c4cccc5c6ccccc6n(-c6cc(-c7ccc8c(c7)oc7ccccc78)nc(-c7ccccc7)n6)c45)c3)cc21. The van der Waals surface area contributed by atoms with Gasteiger partial charge in [0.25, 0.3) is 0 Å². The molecule has 59 heavy (non-hydrogen) atoms. The van der Waals surface area contributed by atoms with Gasteiger partial charge in [-0.3, -0.25) is 4.57 Å². The molecule has 0 fully saturated rings. The highest BCUT2D eigenvalue weighted by Gasteiger charge is 2.35. The lowest BCUT2D eigenvalue weighted by Gasteiger charge is -2.22. The monoisotopic (exact) mass is 755 g/mol. The van der Waals surface area contributed by atoms with Gasteiger partial charge in [-0.2, -0.15) is 0 Å². The van der Waals surface area contributed by atoms with Crippen molar-refractivity contribution in [3.63, 3.8) is 0 Å². The molecular weight excluding hydrogens is 719 g/mol. The number of para-hydroxylation sites is 3. The van der Waals surface area contributed by atoms with Crippen molar-refractivity contribution in [2.45, 2.75) is 19.3 Å². The minimum atomic E-state index is -0.0705. The third-order valence-electron chi connectivity index (χ3n) is 12.4. The summed E-state index contributed by atoms with van der Waals surface area (Å²) in [6.07, 6.45) is 0. The van der Waals surface area contributed by atoms with Crippen molar-refractivity contribution >= 4 is 43.7 Å². The van der Waals surface area contributed by atoms with Gasteiger partial charge in [-0.15, -0.1) is 0 Å². The number of benzene rings is 8. The van der Waals surface area contributed by atoms with Gasteiger partial charge in [0.2, 0.25) is 0 Å². The van der Waals surface area contributed by atoms with E-state index in [-0.39, 0.29) is 5.41 Å². The second-order valence-electron chi connectivity index (χ2n) is 16.2. The third-order valence-corrected chi connectivity index (χ3v) is 12.4. The lowest BCUT2D eigenvalue weighted by Crippen LogP contribution is -2.14. The van der Waals surface area contributed by atoms with Gasteiger partial charge in [-0.05, 0) is 75.3 Å². The van der Waals surface area contributed by atoms with Crippen LogP contribution in [-0.2, 0) is 5.41 Å². The van der Waals surface area contributed by atoms with Crippen LogP contribution in [-0.4, -0.2) is 14.5 Å². The topological polar surface area (TPSA) is 43.9 Å². The fraction of sp³-hybridized carbons (Fsp3) is 0.0545. The Hall–Kier alpha value is -7.56. The van der Waals surface area contributed by atoms with Gasteiger partial charge in [0.15, 0.2) is 5.82 Å². The van der Waals surface area contributed by atoms with Crippen molar-refractivity contribution < 1.29 is 4.42 Å². The molecule has 0 saturated heterocycles. The van der Waals surface area contributed by atoms with Crippen LogP contribution in [0.15, 0.2) is 192 Å². The number of furan rings is 1. The Morgan fingerprint density at radius 1 is 0.424 bits per heavy atom. The van der Waals surface area contributed by atoms with Crippen molar-refractivity contribution in [1.82, 2.24) is 14.5 Å². The minimum Gasteiger partial charge on any atom is -0.456 e. The average molecular weight is 756 g/mol. The average Bonchev–Trinajstić information content (AvgIpc) is 3.91. The van der Waals surface area contributed by atoms with Crippen LogP contribution in [0.4, 0.5) is 0 Å². The molecule has 0 aliphatic heterocycles. The second-order valence-corrected chi connectivity index (χ2v) is 16.2. The Balaban J connectivity index is 1.06. The highest BCUT2D eigenvalue weighted by Crippen LogP contribution is 2.50. The molecule has 11 aromatic rings. The van der Waals surface area contributed by atoms with E-state index < -0.39 is 0 Å². The molecule has 1 aliphatic carbocycles. The first-order chi connectivity index (χ1) is 29.0. The molecule has 0 radical (unpaired) electrons. The van der Waals surface area contributed by atoms with E-state index in [1.54, 1.807) is 0 Å². The molecule has 0 unspecified atom stereocenters. The van der Waals surface area contributed by atoms with Crippen LogP contribution in [0.2, 0.25) is 0 Å². The Morgan fingerprint density at radius 3 is 2.00 bits per heavy atom. The van der Waals surface area contributed by atoms with Gasteiger partial charge >= 0.3 is 0 Å². The first-order valence-corrected chi connectivity index (χ1v) is 20.2. The Bertz CT molecular complexity index is 3480. The first kappa shape index (κ1) is 33.6. The standard InChI is InChI=1S/C55H37N3O/c1-55(2)46-23-9-6-18-40(46)41-28-26-36(31-47(41)55)35-16-12-17-37(30-35)39-21-13-22-45-42-19-7-10-24-49(42)58(53(39)45)52-33-48(56-54(57-52)34-14-4-3-5-15-34)38-27-29-44-43-20-8-11-25-50(43)59-51(44)32-38/h3-33H,1-2H3. The van der Waals surface area contributed by atoms with Crippen LogP contribution in [0.1, 0.15) is 25.0 Å². The van der Waals surface area contributed by atoms with Gasteiger partial charge in [0.1, 0.15) is 17.0 Å². The molecule has 3 aromatic heterocycles. The minimum absolute atomic E-state index is 0.0705. The summed E-state index contributed by atoms with van der Waals surface area (Å²) < 4.78 is 8.68. The molecule has 0 saturated carbocycles. The van der Waals surface area contributed by atoms with Crippen molar-refractivity contribution in [1.29, 1.82) is 0 Å². The predicted molar refractivity (Wildman–Crippen MR) is 243 cm³/mol. The van der Waals surface area contributed by atoms with Crippen LogP contribution in [0, 0.1) is 0 Å². The normalized spacial score (nSPS) is 13.1. The van der Waals surface area contributed by atoms with Crippen LogP contribution < -0.4 is 0 Å². The van der Waals surface area contributed by atoms with E-state index in [9.17, 15) is 0 Å². The molecule has 1 aliphatic rings. The maximum absolute atomic E-state index is 6.35. The quantitative estimate of drug-likeness (QED) is 0.176. The van der Waals surface area contributed by atoms with Crippen molar-refractivity contribution in [2.75, 3.05) is 0 Å². The molecule has 0 amide bonds. The molecule has 4 nitrogen and oxygen atoms in total.